The lowest BCUT2D eigenvalue weighted by Gasteiger charge is -2.26. The largest absolute Gasteiger partial charge is 0.392 e. The number of fused-ring (bicyclic) bond motifs is 1. The summed E-state index contributed by atoms with van der Waals surface area (Å²) >= 11 is 0. The summed E-state index contributed by atoms with van der Waals surface area (Å²) in [6.45, 7) is -0.888. The van der Waals surface area contributed by atoms with Crippen LogP contribution in [0.25, 0.3) is 5.65 Å². The maximum atomic E-state index is 14.5. The number of alkyl halides is 1. The first-order valence-corrected chi connectivity index (χ1v) is 6.17. The van der Waals surface area contributed by atoms with Crippen molar-refractivity contribution in [2.24, 2.45) is 0 Å². The molecule has 1 saturated heterocycles. The van der Waals surface area contributed by atoms with Crippen molar-refractivity contribution in [1.29, 1.82) is 0 Å². The first-order chi connectivity index (χ1) is 10.4. The quantitative estimate of drug-likeness (QED) is 0.465. The van der Waals surface area contributed by atoms with E-state index in [1.54, 1.807) is 0 Å². The van der Waals surface area contributed by atoms with Gasteiger partial charge < -0.3 is 25.8 Å². The fraction of sp³-hybridized carbons (Fsp3) is 0.417. The number of aliphatic hydroxyl groups is 3. The summed E-state index contributed by atoms with van der Waals surface area (Å²) in [4.78, 5) is 7.59. The average molecular weight is 309 g/mol. The SMILES string of the molecule is C#C[C@]1(CO)O[C@@](O)(c2cnc3c(N)ncnn23)[C@H](F)[C@@H]1O. The topological polar surface area (TPSA) is 139 Å². The van der Waals surface area contributed by atoms with Crippen LogP contribution in [0.2, 0.25) is 0 Å². The second-order valence-corrected chi connectivity index (χ2v) is 4.86. The summed E-state index contributed by atoms with van der Waals surface area (Å²) in [5.41, 5.74) is 3.35. The van der Waals surface area contributed by atoms with Crippen LogP contribution >= 0.6 is 0 Å². The zero-order valence-corrected chi connectivity index (χ0v) is 11.1. The Morgan fingerprint density at radius 3 is 2.86 bits per heavy atom. The molecule has 3 heterocycles. The van der Waals surface area contributed by atoms with Gasteiger partial charge >= 0.3 is 0 Å². The minimum absolute atomic E-state index is 0.00387. The number of rotatable bonds is 2. The number of hydrogen-bond donors (Lipinski definition) is 4. The van der Waals surface area contributed by atoms with Crippen molar-refractivity contribution in [3.63, 3.8) is 0 Å². The number of halogens is 1. The number of nitrogens with zero attached hydrogens (tertiary/aromatic N) is 4. The van der Waals surface area contributed by atoms with Crippen LogP contribution in [0.4, 0.5) is 10.2 Å². The number of terminal acetylenes is 1. The van der Waals surface area contributed by atoms with Gasteiger partial charge in [-0.25, -0.2) is 18.9 Å². The summed E-state index contributed by atoms with van der Waals surface area (Å²) in [6, 6.07) is 0. The molecule has 22 heavy (non-hydrogen) atoms. The molecule has 1 aliphatic rings. The molecule has 3 rings (SSSR count). The second-order valence-electron chi connectivity index (χ2n) is 4.86. The minimum atomic E-state index is -2.66. The standard InChI is InChI=1S/C12H12FN5O4/c1-2-11(4-19)8(20)7(13)12(21,22-11)6-3-15-10-9(14)16-5-17-18(6)10/h1,3,5,7-8,19-21H,4H2,(H2,14,16,17)/t7-,8+,11-,12+/m1/s1. The van der Waals surface area contributed by atoms with Gasteiger partial charge in [-0.1, -0.05) is 5.92 Å². The maximum absolute atomic E-state index is 14.5. The average Bonchev–Trinajstić information content (AvgIpc) is 3.04. The lowest BCUT2D eigenvalue weighted by atomic mass is 9.95. The summed E-state index contributed by atoms with van der Waals surface area (Å²) in [5.74, 6) is -0.680. The van der Waals surface area contributed by atoms with Gasteiger partial charge in [0.25, 0.3) is 0 Å². The predicted molar refractivity (Wildman–Crippen MR) is 69.7 cm³/mol. The van der Waals surface area contributed by atoms with Crippen LogP contribution in [0.3, 0.4) is 0 Å². The Balaban J connectivity index is 2.18. The minimum Gasteiger partial charge on any atom is -0.392 e. The van der Waals surface area contributed by atoms with Gasteiger partial charge in [0.15, 0.2) is 23.2 Å². The molecule has 0 aliphatic carbocycles. The normalized spacial score (nSPS) is 34.9. The Labute approximate surface area is 123 Å². The zero-order chi connectivity index (χ0) is 16.1. The van der Waals surface area contributed by atoms with E-state index in [0.29, 0.717) is 0 Å². The highest BCUT2D eigenvalue weighted by Crippen LogP contribution is 2.44. The van der Waals surface area contributed by atoms with E-state index >= 15 is 0 Å². The molecule has 0 unspecified atom stereocenters. The molecule has 0 radical (unpaired) electrons. The van der Waals surface area contributed by atoms with Gasteiger partial charge in [0.05, 0.1) is 12.8 Å². The summed E-state index contributed by atoms with van der Waals surface area (Å²) in [7, 11) is 0. The van der Waals surface area contributed by atoms with Gasteiger partial charge in [-0.2, -0.15) is 5.10 Å². The van der Waals surface area contributed by atoms with E-state index in [9.17, 15) is 19.7 Å². The number of anilines is 1. The summed E-state index contributed by atoms with van der Waals surface area (Å²) in [5, 5.41) is 33.6. The van der Waals surface area contributed by atoms with Crippen LogP contribution in [0.5, 0.6) is 0 Å². The number of aliphatic hydroxyl groups excluding tert-OH is 2. The second kappa shape index (κ2) is 4.59. The van der Waals surface area contributed by atoms with Crippen LogP contribution < -0.4 is 5.73 Å². The van der Waals surface area contributed by atoms with Gasteiger partial charge in [-0.15, -0.1) is 6.42 Å². The zero-order valence-electron chi connectivity index (χ0n) is 11.1. The van der Waals surface area contributed by atoms with E-state index in [1.165, 1.54) is 0 Å². The van der Waals surface area contributed by atoms with E-state index in [2.05, 4.69) is 15.1 Å². The van der Waals surface area contributed by atoms with Crippen molar-refractivity contribution in [3.05, 3.63) is 18.2 Å². The molecule has 9 nitrogen and oxygen atoms in total. The van der Waals surface area contributed by atoms with E-state index in [1.807, 2.05) is 5.92 Å². The summed E-state index contributed by atoms with van der Waals surface area (Å²) < 4.78 is 20.6. The number of ether oxygens (including phenoxy) is 1. The lowest BCUT2D eigenvalue weighted by Crippen LogP contribution is -2.44. The molecular weight excluding hydrogens is 297 g/mol. The fourth-order valence-corrected chi connectivity index (χ4v) is 2.40. The third kappa shape index (κ3) is 1.65. The van der Waals surface area contributed by atoms with Crippen molar-refractivity contribution in [2.75, 3.05) is 12.3 Å². The molecule has 10 heteroatoms. The van der Waals surface area contributed by atoms with Gasteiger partial charge in [0, 0.05) is 0 Å². The molecule has 1 aliphatic heterocycles. The molecule has 0 aromatic carbocycles. The molecule has 116 valence electrons. The fourth-order valence-electron chi connectivity index (χ4n) is 2.40. The van der Waals surface area contributed by atoms with Crippen LogP contribution in [-0.2, 0) is 10.5 Å². The van der Waals surface area contributed by atoms with Crippen molar-refractivity contribution in [2.45, 2.75) is 23.7 Å². The molecule has 0 amide bonds. The van der Waals surface area contributed by atoms with E-state index in [0.717, 1.165) is 17.0 Å². The Bertz CT molecular complexity index is 776. The lowest BCUT2D eigenvalue weighted by molar-refractivity contribution is -0.245. The molecule has 4 atom stereocenters. The van der Waals surface area contributed by atoms with Crippen LogP contribution in [0.15, 0.2) is 12.5 Å². The van der Waals surface area contributed by atoms with E-state index < -0.39 is 30.3 Å². The Morgan fingerprint density at radius 1 is 1.55 bits per heavy atom. The molecule has 0 spiro atoms. The number of imidazole rings is 1. The molecular formula is C12H12FN5O4. The Hall–Kier alpha value is -2.32. The van der Waals surface area contributed by atoms with Gasteiger partial charge in [0.2, 0.25) is 5.79 Å². The van der Waals surface area contributed by atoms with Crippen LogP contribution in [0, 0.1) is 12.3 Å². The van der Waals surface area contributed by atoms with Crippen molar-refractivity contribution < 1.29 is 24.4 Å². The molecule has 0 bridgehead atoms. The number of nitrogen functional groups attached to an aromatic ring is 1. The summed E-state index contributed by atoms with van der Waals surface area (Å²) in [6.07, 6.45) is 3.07. The molecule has 0 saturated carbocycles. The highest BCUT2D eigenvalue weighted by atomic mass is 19.1. The van der Waals surface area contributed by atoms with Crippen LogP contribution in [-0.4, -0.2) is 59.4 Å². The Kier molecular flexibility index (Phi) is 3.05. The monoisotopic (exact) mass is 309 g/mol. The van der Waals surface area contributed by atoms with Crippen molar-refractivity contribution in [3.8, 4) is 12.3 Å². The predicted octanol–water partition coefficient (Wildman–Crippen LogP) is -2.05. The molecule has 5 N–H and O–H groups in total. The van der Waals surface area contributed by atoms with Gasteiger partial charge in [-0.05, 0) is 0 Å². The first kappa shape index (κ1) is 14.6. The number of hydrogen-bond acceptors (Lipinski definition) is 8. The molecule has 1 fully saturated rings. The number of nitrogens with two attached hydrogens (primary N) is 1. The highest BCUT2D eigenvalue weighted by molar-refractivity contribution is 5.59. The Morgan fingerprint density at radius 2 is 2.27 bits per heavy atom. The number of aromatic nitrogens is 4. The van der Waals surface area contributed by atoms with Gasteiger partial charge in [-0.3, -0.25) is 0 Å². The van der Waals surface area contributed by atoms with Crippen molar-refractivity contribution >= 4 is 11.5 Å². The molecule has 2 aromatic rings. The van der Waals surface area contributed by atoms with Gasteiger partial charge in [0.1, 0.15) is 18.1 Å². The van der Waals surface area contributed by atoms with Crippen molar-refractivity contribution in [1.82, 2.24) is 19.6 Å². The van der Waals surface area contributed by atoms with E-state index in [4.69, 9.17) is 16.9 Å². The first-order valence-electron chi connectivity index (χ1n) is 6.17. The third-order valence-electron chi connectivity index (χ3n) is 3.64. The smallest absolute Gasteiger partial charge is 0.248 e. The van der Waals surface area contributed by atoms with E-state index in [-0.39, 0.29) is 17.2 Å². The van der Waals surface area contributed by atoms with Crippen LogP contribution in [0.1, 0.15) is 5.69 Å². The third-order valence-corrected chi connectivity index (χ3v) is 3.64. The highest BCUT2D eigenvalue weighted by Gasteiger charge is 2.64. The molecule has 2 aromatic heterocycles. The maximum Gasteiger partial charge on any atom is 0.248 e.